The number of hydrogen-bond acceptors (Lipinski definition) is 4. The van der Waals surface area contributed by atoms with Crippen molar-refractivity contribution in [2.75, 3.05) is 41.3 Å². The van der Waals surface area contributed by atoms with Crippen molar-refractivity contribution in [3.05, 3.63) is 53.1 Å². The summed E-state index contributed by atoms with van der Waals surface area (Å²) in [6.07, 6.45) is 0.816. The number of piperazine rings is 1. The molecule has 0 spiro atoms. The maximum atomic E-state index is 12.4. The van der Waals surface area contributed by atoms with E-state index in [0.717, 1.165) is 55.2 Å². The molecule has 6 nitrogen and oxygen atoms in total. The monoisotopic (exact) mass is 440 g/mol. The van der Waals surface area contributed by atoms with Gasteiger partial charge in [0.15, 0.2) is 0 Å². The minimum atomic E-state index is 0.0570. The maximum Gasteiger partial charge on any atom is 0.224 e. The van der Waals surface area contributed by atoms with Crippen molar-refractivity contribution in [1.82, 2.24) is 4.90 Å². The van der Waals surface area contributed by atoms with Crippen LogP contribution < -0.4 is 15.1 Å². The number of nitrogens with zero attached hydrogens (tertiary/aromatic N) is 3. The summed E-state index contributed by atoms with van der Waals surface area (Å²) in [6.45, 7) is 8.42. The van der Waals surface area contributed by atoms with Gasteiger partial charge in [-0.05, 0) is 55.8 Å². The maximum absolute atomic E-state index is 12.4. The van der Waals surface area contributed by atoms with Crippen LogP contribution in [0.15, 0.2) is 42.5 Å². The highest BCUT2D eigenvalue weighted by Gasteiger charge is 2.33. The lowest BCUT2D eigenvalue weighted by Gasteiger charge is -2.41. The average molecular weight is 441 g/mol. The van der Waals surface area contributed by atoms with Crippen molar-refractivity contribution in [3.63, 3.8) is 0 Å². The minimum Gasteiger partial charge on any atom is -0.378 e. The number of amides is 2. The molecule has 0 aliphatic carbocycles. The lowest BCUT2D eigenvalue weighted by molar-refractivity contribution is -0.129. The van der Waals surface area contributed by atoms with Crippen LogP contribution in [0.2, 0.25) is 5.02 Å². The molecule has 0 radical (unpaired) electrons. The number of fused-ring (bicyclic) bond motifs is 1. The standard InChI is InChI=1S/C24H29ClN4O2/c1-16-14-23(26-20-6-4-19(25)5-7-20)22-15-21(8-9-24(22)29(16)18(3)31)28-12-10-27(11-13-28)17(2)30/h4-9,15-16,23,26H,10-14H2,1-3H3/t16-,23+/m1/s1. The topological polar surface area (TPSA) is 55.9 Å². The molecular weight excluding hydrogens is 412 g/mol. The molecule has 4 rings (SSSR count). The second kappa shape index (κ2) is 8.79. The Labute approximate surface area is 188 Å². The molecule has 31 heavy (non-hydrogen) atoms. The van der Waals surface area contributed by atoms with Crippen LogP contribution in [0.4, 0.5) is 17.1 Å². The van der Waals surface area contributed by atoms with E-state index >= 15 is 0 Å². The molecule has 2 heterocycles. The fourth-order valence-corrected chi connectivity index (χ4v) is 4.82. The van der Waals surface area contributed by atoms with Crippen molar-refractivity contribution in [2.45, 2.75) is 39.3 Å². The summed E-state index contributed by atoms with van der Waals surface area (Å²) in [5, 5.41) is 4.34. The van der Waals surface area contributed by atoms with E-state index in [1.807, 2.05) is 34.1 Å². The number of anilines is 3. The third-order valence-corrected chi connectivity index (χ3v) is 6.53. The SMILES string of the molecule is CC(=O)N1CCN(c2ccc3c(c2)[C@@H](Nc2ccc(Cl)cc2)C[C@@H](C)N3C(C)=O)CC1. The van der Waals surface area contributed by atoms with Crippen LogP contribution in [0.3, 0.4) is 0 Å². The van der Waals surface area contributed by atoms with Gasteiger partial charge in [0.05, 0.1) is 6.04 Å². The third kappa shape index (κ3) is 4.49. The Morgan fingerprint density at radius 3 is 2.26 bits per heavy atom. The molecule has 2 aliphatic heterocycles. The zero-order valence-electron chi connectivity index (χ0n) is 18.3. The predicted molar refractivity (Wildman–Crippen MR) is 126 cm³/mol. The van der Waals surface area contributed by atoms with Crippen LogP contribution >= 0.6 is 11.6 Å². The highest BCUT2D eigenvalue weighted by molar-refractivity contribution is 6.30. The molecule has 1 saturated heterocycles. The largest absolute Gasteiger partial charge is 0.378 e. The molecule has 1 N–H and O–H groups in total. The molecule has 7 heteroatoms. The van der Waals surface area contributed by atoms with Crippen LogP contribution in [-0.4, -0.2) is 48.9 Å². The van der Waals surface area contributed by atoms with E-state index in [2.05, 4.69) is 35.3 Å². The second-order valence-corrected chi connectivity index (χ2v) is 8.85. The molecule has 0 aromatic heterocycles. The first-order valence-electron chi connectivity index (χ1n) is 10.8. The van der Waals surface area contributed by atoms with E-state index in [4.69, 9.17) is 11.6 Å². The Morgan fingerprint density at radius 2 is 1.65 bits per heavy atom. The molecule has 2 aromatic rings. The molecule has 2 atom stereocenters. The van der Waals surface area contributed by atoms with Crippen LogP contribution in [0.5, 0.6) is 0 Å². The average Bonchev–Trinajstić information content (AvgIpc) is 2.75. The van der Waals surface area contributed by atoms with Crippen LogP contribution in [-0.2, 0) is 9.59 Å². The van der Waals surface area contributed by atoms with E-state index in [1.54, 1.807) is 13.8 Å². The fourth-order valence-electron chi connectivity index (χ4n) is 4.69. The molecule has 0 bridgehead atoms. The van der Waals surface area contributed by atoms with Gasteiger partial charge in [-0.2, -0.15) is 0 Å². The summed E-state index contributed by atoms with van der Waals surface area (Å²) >= 11 is 6.05. The molecule has 2 aliphatic rings. The first-order valence-corrected chi connectivity index (χ1v) is 11.2. The number of carbonyl (C=O) groups excluding carboxylic acids is 2. The predicted octanol–water partition coefficient (Wildman–Crippen LogP) is 4.31. The molecule has 1 fully saturated rings. The van der Waals surface area contributed by atoms with E-state index in [0.29, 0.717) is 5.02 Å². The van der Waals surface area contributed by atoms with Gasteiger partial charge in [0.1, 0.15) is 0 Å². The third-order valence-electron chi connectivity index (χ3n) is 6.28. The van der Waals surface area contributed by atoms with Crippen molar-refractivity contribution in [1.29, 1.82) is 0 Å². The Bertz CT molecular complexity index is 970. The molecule has 164 valence electrons. The van der Waals surface area contributed by atoms with Crippen molar-refractivity contribution in [2.24, 2.45) is 0 Å². The van der Waals surface area contributed by atoms with Crippen molar-refractivity contribution < 1.29 is 9.59 Å². The van der Waals surface area contributed by atoms with Gasteiger partial charge in [0, 0.05) is 73.7 Å². The number of nitrogens with one attached hydrogen (secondary N) is 1. The van der Waals surface area contributed by atoms with E-state index in [1.165, 1.54) is 0 Å². The van der Waals surface area contributed by atoms with Gasteiger partial charge in [-0.3, -0.25) is 9.59 Å². The van der Waals surface area contributed by atoms with Gasteiger partial charge < -0.3 is 20.0 Å². The summed E-state index contributed by atoms with van der Waals surface area (Å²) in [4.78, 5) is 30.2. The molecule has 0 unspecified atom stereocenters. The Kier molecular flexibility index (Phi) is 6.10. The highest BCUT2D eigenvalue weighted by Crippen LogP contribution is 2.41. The van der Waals surface area contributed by atoms with Gasteiger partial charge in [-0.25, -0.2) is 0 Å². The van der Waals surface area contributed by atoms with Gasteiger partial charge >= 0.3 is 0 Å². The highest BCUT2D eigenvalue weighted by atomic mass is 35.5. The lowest BCUT2D eigenvalue weighted by atomic mass is 9.90. The summed E-state index contributed by atoms with van der Waals surface area (Å²) in [7, 11) is 0. The Hall–Kier alpha value is -2.73. The van der Waals surface area contributed by atoms with Crippen LogP contribution in [0.1, 0.15) is 38.8 Å². The van der Waals surface area contributed by atoms with Crippen molar-refractivity contribution in [3.8, 4) is 0 Å². The fraction of sp³-hybridized carbons (Fsp3) is 0.417. The van der Waals surface area contributed by atoms with Crippen LogP contribution in [0, 0.1) is 0 Å². The van der Waals surface area contributed by atoms with E-state index in [9.17, 15) is 9.59 Å². The Morgan fingerprint density at radius 1 is 0.968 bits per heavy atom. The number of halogens is 1. The minimum absolute atomic E-state index is 0.0570. The van der Waals surface area contributed by atoms with Gasteiger partial charge in [-0.15, -0.1) is 0 Å². The molecule has 2 aromatic carbocycles. The van der Waals surface area contributed by atoms with E-state index < -0.39 is 0 Å². The molecular formula is C24H29ClN4O2. The summed E-state index contributed by atoms with van der Waals surface area (Å²) in [5.41, 5.74) is 4.21. The number of rotatable bonds is 3. The van der Waals surface area contributed by atoms with Crippen LogP contribution in [0.25, 0.3) is 0 Å². The van der Waals surface area contributed by atoms with Gasteiger partial charge in [0.2, 0.25) is 11.8 Å². The van der Waals surface area contributed by atoms with E-state index in [-0.39, 0.29) is 23.9 Å². The van der Waals surface area contributed by atoms with Crippen molar-refractivity contribution >= 4 is 40.5 Å². The number of hydrogen-bond donors (Lipinski definition) is 1. The summed E-state index contributed by atoms with van der Waals surface area (Å²) in [5.74, 6) is 0.185. The first-order chi connectivity index (χ1) is 14.8. The summed E-state index contributed by atoms with van der Waals surface area (Å²) < 4.78 is 0. The Balaban J connectivity index is 1.64. The lowest BCUT2D eigenvalue weighted by Crippen LogP contribution is -2.48. The first kappa shape index (κ1) is 21.5. The normalized spacial score (nSPS) is 21.0. The zero-order valence-corrected chi connectivity index (χ0v) is 19.0. The smallest absolute Gasteiger partial charge is 0.224 e. The zero-order chi connectivity index (χ0) is 22.1. The number of benzene rings is 2. The molecule has 2 amide bonds. The quantitative estimate of drug-likeness (QED) is 0.772. The number of carbonyl (C=O) groups is 2. The molecule has 0 saturated carbocycles. The second-order valence-electron chi connectivity index (χ2n) is 8.41. The van der Waals surface area contributed by atoms with Gasteiger partial charge in [-0.1, -0.05) is 11.6 Å². The summed E-state index contributed by atoms with van der Waals surface area (Å²) in [6, 6.07) is 14.3. The van der Waals surface area contributed by atoms with Gasteiger partial charge in [0.25, 0.3) is 0 Å².